The third-order valence-electron chi connectivity index (χ3n) is 3.60. The summed E-state index contributed by atoms with van der Waals surface area (Å²) in [5.74, 6) is -4.08. The molecule has 0 heterocycles. The van der Waals surface area contributed by atoms with Crippen LogP contribution < -0.4 is 5.32 Å². The van der Waals surface area contributed by atoms with Crippen molar-refractivity contribution >= 4 is 59.2 Å². The fourth-order valence-corrected chi connectivity index (χ4v) is 2.89. The zero-order chi connectivity index (χ0) is 20.6. The number of carboxylic acids is 3. The molecule has 4 N–H and O–H groups in total. The van der Waals surface area contributed by atoms with Crippen LogP contribution in [-0.2, 0) is 20.9 Å². The lowest BCUT2D eigenvalue weighted by Gasteiger charge is -2.29. The zero-order valence-corrected chi connectivity index (χ0v) is 17.1. The average molecular weight is 510 g/mol. The van der Waals surface area contributed by atoms with E-state index in [1.165, 1.54) is 0 Å². The van der Waals surface area contributed by atoms with E-state index < -0.39 is 42.4 Å². The minimum atomic E-state index is -1.46. The van der Waals surface area contributed by atoms with Gasteiger partial charge >= 0.3 is 23.9 Å². The highest BCUT2D eigenvalue weighted by atomic mass is 127. The number of carbonyl (C=O) groups is 4. The molecule has 0 saturated carbocycles. The molecule has 0 aliphatic carbocycles. The zero-order valence-electron chi connectivity index (χ0n) is 14.0. The highest BCUT2D eigenvalue weighted by molar-refractivity contribution is 14.1. The molecule has 11 heteroatoms. The van der Waals surface area contributed by atoms with Gasteiger partial charge in [-0.15, -0.1) is 0 Å². The van der Waals surface area contributed by atoms with E-state index in [0.29, 0.717) is 5.56 Å². The molecule has 148 valence electrons. The third kappa shape index (κ3) is 7.62. The summed E-state index contributed by atoms with van der Waals surface area (Å²) in [4.78, 5) is 47.0. The number of carbonyl (C=O) groups excluding carboxylic acids is 1. The molecule has 0 bridgehead atoms. The fraction of sp³-hybridized carbons (Fsp3) is 0.375. The number of hydrogen-bond acceptors (Lipinski definition) is 5. The van der Waals surface area contributed by atoms with Crippen LogP contribution in [-0.4, -0.2) is 62.0 Å². The van der Waals surface area contributed by atoms with Crippen molar-refractivity contribution in [2.45, 2.75) is 31.5 Å². The monoisotopic (exact) mass is 510 g/mol. The van der Waals surface area contributed by atoms with Crippen molar-refractivity contribution < 1.29 is 34.5 Å². The maximum Gasteiger partial charge on any atom is 0.327 e. The van der Waals surface area contributed by atoms with E-state index in [9.17, 15) is 29.4 Å². The number of benzene rings is 1. The molecule has 1 aromatic carbocycles. The number of hydrogen-bond donors (Lipinski definition) is 5. The number of nitrogens with one attached hydrogen (secondary N) is 1. The Labute approximate surface area is 174 Å². The van der Waals surface area contributed by atoms with Gasteiger partial charge in [0, 0.05) is 22.3 Å². The van der Waals surface area contributed by atoms with Crippen LogP contribution in [0.1, 0.15) is 18.4 Å². The Kier molecular flexibility index (Phi) is 9.35. The molecule has 0 spiro atoms. The number of halogens is 1. The van der Waals surface area contributed by atoms with Gasteiger partial charge in [-0.25, -0.2) is 14.4 Å². The molecule has 9 nitrogen and oxygen atoms in total. The molecular formula is C16H19IN2O7S. The van der Waals surface area contributed by atoms with Gasteiger partial charge in [-0.1, -0.05) is 12.1 Å². The van der Waals surface area contributed by atoms with Gasteiger partial charge in [-0.2, -0.15) is 12.6 Å². The van der Waals surface area contributed by atoms with Crippen LogP contribution in [0.4, 0.5) is 4.79 Å². The molecule has 2 atom stereocenters. The second kappa shape index (κ2) is 11.0. The van der Waals surface area contributed by atoms with E-state index >= 15 is 0 Å². The summed E-state index contributed by atoms with van der Waals surface area (Å²) in [5, 5.41) is 29.4. The molecule has 2 amide bonds. The van der Waals surface area contributed by atoms with Gasteiger partial charge in [0.05, 0.1) is 0 Å². The van der Waals surface area contributed by atoms with E-state index in [1.54, 1.807) is 24.3 Å². The van der Waals surface area contributed by atoms with Gasteiger partial charge in [0.2, 0.25) is 0 Å². The average Bonchev–Trinajstić information content (AvgIpc) is 2.59. The molecule has 0 aromatic heterocycles. The predicted octanol–water partition coefficient (Wildman–Crippen LogP) is 1.50. The van der Waals surface area contributed by atoms with Crippen molar-refractivity contribution in [3.05, 3.63) is 33.4 Å². The van der Waals surface area contributed by atoms with E-state index in [4.69, 9.17) is 5.11 Å². The molecule has 0 unspecified atom stereocenters. The SMILES string of the molecule is O=C(O)CC[C@H](NC(=O)N(Cc1ccc(I)cc1)[C@@H](CS)C(=O)O)C(=O)O. The Morgan fingerprint density at radius 2 is 1.67 bits per heavy atom. The maximum atomic E-state index is 12.6. The summed E-state index contributed by atoms with van der Waals surface area (Å²) in [5.41, 5.74) is 0.649. The predicted molar refractivity (Wildman–Crippen MR) is 107 cm³/mol. The van der Waals surface area contributed by atoms with Crippen LogP contribution in [0.3, 0.4) is 0 Å². The van der Waals surface area contributed by atoms with Crippen LogP contribution in [0.25, 0.3) is 0 Å². The number of carboxylic acid groups (broad SMARTS) is 3. The summed E-state index contributed by atoms with van der Waals surface area (Å²) in [6.45, 7) is -0.0778. The molecule has 0 saturated heterocycles. The first kappa shape index (κ1) is 23.0. The first-order valence-electron chi connectivity index (χ1n) is 7.75. The Morgan fingerprint density at radius 3 is 2.11 bits per heavy atom. The first-order chi connectivity index (χ1) is 12.6. The van der Waals surface area contributed by atoms with E-state index in [-0.39, 0.29) is 18.7 Å². The van der Waals surface area contributed by atoms with Crippen LogP contribution >= 0.6 is 35.2 Å². The number of rotatable bonds is 10. The lowest BCUT2D eigenvalue weighted by Crippen LogP contribution is -2.53. The second-order valence-corrected chi connectivity index (χ2v) is 7.17. The van der Waals surface area contributed by atoms with Gasteiger partial charge in [0.15, 0.2) is 0 Å². The molecule has 0 radical (unpaired) electrons. The Bertz CT molecular complexity index is 699. The molecule has 0 aliphatic heterocycles. The molecule has 1 rings (SSSR count). The number of urea groups is 1. The Balaban J connectivity index is 3.03. The minimum Gasteiger partial charge on any atom is -0.481 e. The maximum absolute atomic E-state index is 12.6. The lowest BCUT2D eigenvalue weighted by atomic mass is 10.1. The van der Waals surface area contributed by atoms with Crippen molar-refractivity contribution in [3.8, 4) is 0 Å². The van der Waals surface area contributed by atoms with Crippen LogP contribution in [0.15, 0.2) is 24.3 Å². The topological polar surface area (TPSA) is 144 Å². The fourth-order valence-electron chi connectivity index (χ4n) is 2.18. The first-order valence-corrected chi connectivity index (χ1v) is 9.46. The van der Waals surface area contributed by atoms with Crippen molar-refractivity contribution in [2.24, 2.45) is 0 Å². The summed E-state index contributed by atoms with van der Waals surface area (Å²) >= 11 is 6.07. The van der Waals surface area contributed by atoms with Gasteiger partial charge in [-0.05, 0) is 46.7 Å². The van der Waals surface area contributed by atoms with Crippen molar-refractivity contribution in [3.63, 3.8) is 0 Å². The number of aliphatic carboxylic acids is 3. The summed E-state index contributed by atoms with van der Waals surface area (Å²) < 4.78 is 0.955. The summed E-state index contributed by atoms with van der Waals surface area (Å²) in [6, 6.07) is 3.35. The number of thiol groups is 1. The number of amides is 2. The van der Waals surface area contributed by atoms with Crippen molar-refractivity contribution in [2.75, 3.05) is 5.75 Å². The van der Waals surface area contributed by atoms with Crippen LogP contribution in [0.5, 0.6) is 0 Å². The van der Waals surface area contributed by atoms with E-state index in [1.807, 2.05) is 0 Å². The van der Waals surface area contributed by atoms with Gasteiger partial charge < -0.3 is 25.5 Å². The van der Waals surface area contributed by atoms with Crippen LogP contribution in [0, 0.1) is 3.57 Å². The molecule has 0 aliphatic rings. The molecule has 27 heavy (non-hydrogen) atoms. The minimum absolute atomic E-state index is 0.0778. The molecule has 1 aromatic rings. The molecular weight excluding hydrogens is 491 g/mol. The summed E-state index contributed by atoms with van der Waals surface area (Å²) in [6.07, 6.45) is -0.782. The Hall–Kier alpha value is -2.02. The standard InChI is InChI=1S/C16H19IN2O7S/c17-10-3-1-9(2-4-10)7-19(12(8-27)15(24)25)16(26)18-11(14(22)23)5-6-13(20)21/h1-4,11-12,27H,5-8H2,(H,18,26)(H,20,21)(H,22,23)(H,24,25)/t11-,12-/m0/s1. The second-order valence-electron chi connectivity index (χ2n) is 5.56. The van der Waals surface area contributed by atoms with Gasteiger partial charge in [-0.3, -0.25) is 4.79 Å². The smallest absolute Gasteiger partial charge is 0.327 e. The van der Waals surface area contributed by atoms with E-state index in [2.05, 4.69) is 40.5 Å². The van der Waals surface area contributed by atoms with Gasteiger partial charge in [0.1, 0.15) is 12.1 Å². The van der Waals surface area contributed by atoms with Crippen molar-refractivity contribution in [1.29, 1.82) is 0 Å². The highest BCUT2D eigenvalue weighted by Crippen LogP contribution is 2.14. The van der Waals surface area contributed by atoms with Gasteiger partial charge in [0.25, 0.3) is 0 Å². The quantitative estimate of drug-likeness (QED) is 0.237. The number of nitrogens with zero attached hydrogens (tertiary/aromatic N) is 1. The van der Waals surface area contributed by atoms with Crippen LogP contribution in [0.2, 0.25) is 0 Å². The normalized spacial score (nSPS) is 12.7. The van der Waals surface area contributed by atoms with Crippen molar-refractivity contribution in [1.82, 2.24) is 10.2 Å². The Morgan fingerprint density at radius 1 is 1.07 bits per heavy atom. The third-order valence-corrected chi connectivity index (χ3v) is 4.67. The largest absolute Gasteiger partial charge is 0.481 e. The highest BCUT2D eigenvalue weighted by Gasteiger charge is 2.31. The summed E-state index contributed by atoms with van der Waals surface area (Å²) in [7, 11) is 0. The lowest BCUT2D eigenvalue weighted by molar-refractivity contribution is -0.141. The van der Waals surface area contributed by atoms with E-state index in [0.717, 1.165) is 8.47 Å². The molecule has 0 fully saturated rings.